The predicted molar refractivity (Wildman–Crippen MR) is 249 cm³/mol. The van der Waals surface area contributed by atoms with Gasteiger partial charge in [-0.05, 0) is 98.6 Å². The van der Waals surface area contributed by atoms with Crippen molar-refractivity contribution in [3.63, 3.8) is 0 Å². The summed E-state index contributed by atoms with van der Waals surface area (Å²) in [5.74, 6) is 0. The van der Waals surface area contributed by atoms with Gasteiger partial charge in [-0.1, -0.05) is 182 Å². The van der Waals surface area contributed by atoms with E-state index in [0.29, 0.717) is 0 Å². The van der Waals surface area contributed by atoms with Gasteiger partial charge >= 0.3 is 0 Å². The number of benzene rings is 10. The van der Waals surface area contributed by atoms with Crippen molar-refractivity contribution in [3.8, 4) is 33.4 Å². The van der Waals surface area contributed by atoms with Crippen molar-refractivity contribution in [1.29, 1.82) is 0 Å². The van der Waals surface area contributed by atoms with Gasteiger partial charge in [0, 0.05) is 38.5 Å². The lowest BCUT2D eigenvalue weighted by atomic mass is 9.87. The Morgan fingerprint density at radius 2 is 0.915 bits per heavy atom. The minimum absolute atomic E-state index is 0.801. The largest absolute Gasteiger partial charge is 0.455 e. The molecule has 2 heteroatoms. The molecule has 0 aliphatic carbocycles. The van der Waals surface area contributed by atoms with Crippen molar-refractivity contribution in [2.45, 2.75) is 6.42 Å². The topological polar surface area (TPSA) is 16.4 Å². The molecule has 0 atom stereocenters. The van der Waals surface area contributed by atoms with Crippen molar-refractivity contribution in [1.82, 2.24) is 0 Å². The Morgan fingerprint density at radius 1 is 0.373 bits per heavy atom. The van der Waals surface area contributed by atoms with Gasteiger partial charge in [0.1, 0.15) is 11.2 Å². The van der Waals surface area contributed by atoms with Crippen LogP contribution in [0.15, 0.2) is 229 Å². The molecule has 10 aromatic carbocycles. The van der Waals surface area contributed by atoms with Gasteiger partial charge in [-0.15, -0.1) is 0 Å². The van der Waals surface area contributed by atoms with Crippen molar-refractivity contribution in [2.75, 3.05) is 4.90 Å². The van der Waals surface area contributed by atoms with Crippen LogP contribution in [-0.4, -0.2) is 0 Å². The molecule has 0 aliphatic heterocycles. The highest BCUT2D eigenvalue weighted by molar-refractivity contribution is 6.26. The van der Waals surface area contributed by atoms with Crippen molar-refractivity contribution >= 4 is 60.5 Å². The number of rotatable bonds is 8. The second-order valence-electron chi connectivity index (χ2n) is 15.2. The maximum absolute atomic E-state index is 6.81. The average Bonchev–Trinajstić information content (AvgIpc) is 3.69. The lowest BCUT2D eigenvalue weighted by Gasteiger charge is -2.28. The normalized spacial score (nSPS) is 11.5. The first-order valence-electron chi connectivity index (χ1n) is 20.3. The predicted octanol–water partition coefficient (Wildman–Crippen LogP) is 16.0. The highest BCUT2D eigenvalue weighted by Crippen LogP contribution is 2.46. The third kappa shape index (κ3) is 6.23. The zero-order valence-corrected chi connectivity index (χ0v) is 32.4. The molecule has 59 heavy (non-hydrogen) atoms. The van der Waals surface area contributed by atoms with Crippen LogP contribution < -0.4 is 4.90 Å². The van der Waals surface area contributed by atoms with Gasteiger partial charge in [0.25, 0.3) is 0 Å². The number of anilines is 3. The highest BCUT2D eigenvalue weighted by Gasteiger charge is 2.22. The van der Waals surface area contributed by atoms with Gasteiger partial charge in [-0.3, -0.25) is 0 Å². The Kier molecular flexibility index (Phi) is 8.60. The third-order valence-electron chi connectivity index (χ3n) is 11.7. The molecule has 0 saturated carbocycles. The second-order valence-corrected chi connectivity index (χ2v) is 15.2. The summed E-state index contributed by atoms with van der Waals surface area (Å²) in [4.78, 5) is 2.39. The fourth-order valence-corrected chi connectivity index (χ4v) is 8.92. The average molecular weight is 754 g/mol. The lowest BCUT2D eigenvalue weighted by Crippen LogP contribution is -2.11. The molecule has 11 aromatic rings. The standard InChI is InChI=1S/C57H39NO/c1-4-16-39(17-5-1)36-45-37-44-22-10-11-24-49(44)56-51(38-52-50-25-13-15-27-54(50)59-57(52)55(45)56)43-30-34-47(35-31-43)58(46-32-28-41(29-33-46)40-18-6-2-7-19-40)53-26-14-12-23-48(53)42-20-8-3-9-21-42/h1-35,37-38H,36H2. The van der Waals surface area contributed by atoms with Gasteiger partial charge in [0.05, 0.1) is 5.69 Å². The fraction of sp³-hybridized carbons (Fsp3) is 0.0175. The van der Waals surface area contributed by atoms with E-state index < -0.39 is 0 Å². The van der Waals surface area contributed by atoms with E-state index in [1.54, 1.807) is 0 Å². The number of hydrogen-bond acceptors (Lipinski definition) is 2. The number of fused-ring (bicyclic) bond motifs is 7. The summed E-state index contributed by atoms with van der Waals surface area (Å²) in [6, 6.07) is 80.8. The number of nitrogens with zero attached hydrogens (tertiary/aromatic N) is 1. The Balaban J connectivity index is 1.12. The summed E-state index contributed by atoms with van der Waals surface area (Å²) in [5.41, 5.74) is 14.8. The van der Waals surface area contributed by atoms with E-state index in [2.05, 4.69) is 229 Å². The summed E-state index contributed by atoms with van der Waals surface area (Å²) >= 11 is 0. The van der Waals surface area contributed by atoms with Crippen LogP contribution in [0.4, 0.5) is 17.1 Å². The molecular weight excluding hydrogens is 715 g/mol. The summed E-state index contributed by atoms with van der Waals surface area (Å²) in [5, 5.41) is 7.10. The molecule has 0 N–H and O–H groups in total. The molecule has 0 radical (unpaired) electrons. The van der Waals surface area contributed by atoms with E-state index in [9.17, 15) is 0 Å². The van der Waals surface area contributed by atoms with Crippen LogP contribution in [0.1, 0.15) is 11.1 Å². The molecule has 0 fully saturated rings. The molecule has 278 valence electrons. The number of hydrogen-bond donors (Lipinski definition) is 0. The molecule has 1 aromatic heterocycles. The summed E-state index contributed by atoms with van der Waals surface area (Å²) < 4.78 is 6.81. The zero-order valence-electron chi connectivity index (χ0n) is 32.4. The minimum Gasteiger partial charge on any atom is -0.455 e. The number of para-hydroxylation sites is 2. The quantitative estimate of drug-likeness (QED) is 0.144. The summed E-state index contributed by atoms with van der Waals surface area (Å²) in [7, 11) is 0. The minimum atomic E-state index is 0.801. The second kappa shape index (κ2) is 14.7. The van der Waals surface area contributed by atoms with Gasteiger partial charge in [0.2, 0.25) is 0 Å². The van der Waals surface area contributed by atoms with E-state index in [1.165, 1.54) is 60.5 Å². The van der Waals surface area contributed by atoms with Crippen LogP contribution in [0.3, 0.4) is 0 Å². The van der Waals surface area contributed by atoms with E-state index in [4.69, 9.17) is 4.42 Å². The maximum atomic E-state index is 6.81. The third-order valence-corrected chi connectivity index (χ3v) is 11.7. The van der Waals surface area contributed by atoms with E-state index in [0.717, 1.165) is 51.0 Å². The molecular formula is C57H39NO. The molecule has 0 unspecified atom stereocenters. The van der Waals surface area contributed by atoms with Crippen LogP contribution in [0, 0.1) is 0 Å². The van der Waals surface area contributed by atoms with Crippen molar-refractivity contribution in [2.24, 2.45) is 0 Å². The smallest absolute Gasteiger partial charge is 0.143 e. The van der Waals surface area contributed by atoms with Gasteiger partial charge < -0.3 is 9.32 Å². The Labute approximate surface area is 343 Å². The van der Waals surface area contributed by atoms with Gasteiger partial charge in [0.15, 0.2) is 0 Å². The van der Waals surface area contributed by atoms with Crippen LogP contribution in [0.25, 0.3) is 76.9 Å². The number of furan rings is 1. The Hall–Kier alpha value is -7.68. The summed E-state index contributed by atoms with van der Waals surface area (Å²) in [6.07, 6.45) is 0.801. The SMILES string of the molecule is c1ccc(Cc2cc3ccccc3c3c(-c4ccc(N(c5ccc(-c6ccccc6)cc5)c5ccccc5-c5ccccc5)cc4)cc4c5ccccc5oc4c23)cc1. The van der Waals surface area contributed by atoms with E-state index in [-0.39, 0.29) is 0 Å². The van der Waals surface area contributed by atoms with Crippen molar-refractivity contribution in [3.05, 3.63) is 236 Å². The van der Waals surface area contributed by atoms with Crippen LogP contribution in [0.5, 0.6) is 0 Å². The Bertz CT molecular complexity index is 3260. The molecule has 1 heterocycles. The van der Waals surface area contributed by atoms with Crippen LogP contribution in [-0.2, 0) is 6.42 Å². The highest BCUT2D eigenvalue weighted by atomic mass is 16.3. The first-order chi connectivity index (χ1) is 29.3. The zero-order chi connectivity index (χ0) is 39.1. The van der Waals surface area contributed by atoms with Crippen LogP contribution >= 0.6 is 0 Å². The maximum Gasteiger partial charge on any atom is 0.143 e. The van der Waals surface area contributed by atoms with Gasteiger partial charge in [-0.25, -0.2) is 0 Å². The molecule has 0 amide bonds. The molecule has 2 nitrogen and oxygen atoms in total. The van der Waals surface area contributed by atoms with E-state index in [1.807, 2.05) is 0 Å². The molecule has 0 saturated heterocycles. The van der Waals surface area contributed by atoms with Crippen LogP contribution in [0.2, 0.25) is 0 Å². The molecule has 0 spiro atoms. The van der Waals surface area contributed by atoms with Gasteiger partial charge in [-0.2, -0.15) is 0 Å². The molecule has 0 bridgehead atoms. The molecule has 0 aliphatic rings. The lowest BCUT2D eigenvalue weighted by molar-refractivity contribution is 0.672. The summed E-state index contributed by atoms with van der Waals surface area (Å²) in [6.45, 7) is 0. The van der Waals surface area contributed by atoms with Crippen molar-refractivity contribution < 1.29 is 4.42 Å². The Morgan fingerprint density at radius 3 is 1.64 bits per heavy atom. The first kappa shape index (κ1) is 34.6. The molecule has 11 rings (SSSR count). The first-order valence-corrected chi connectivity index (χ1v) is 20.3. The fourth-order valence-electron chi connectivity index (χ4n) is 8.92. The monoisotopic (exact) mass is 753 g/mol. The van der Waals surface area contributed by atoms with E-state index >= 15 is 0 Å².